The Kier molecular flexibility index (Phi) is 4.93. The van der Waals surface area contributed by atoms with E-state index >= 15 is 0 Å². The summed E-state index contributed by atoms with van der Waals surface area (Å²) in [6, 6.07) is 8.84. The van der Waals surface area contributed by atoms with Gasteiger partial charge in [-0.1, -0.05) is 37.0 Å². The Morgan fingerprint density at radius 1 is 1.18 bits per heavy atom. The van der Waals surface area contributed by atoms with Crippen molar-refractivity contribution in [2.45, 2.75) is 49.2 Å². The number of benzene rings is 1. The summed E-state index contributed by atoms with van der Waals surface area (Å²) in [5.74, 6) is 0.833. The van der Waals surface area contributed by atoms with Gasteiger partial charge >= 0.3 is 0 Å². The quantitative estimate of drug-likeness (QED) is 0.816. The molecule has 1 nitrogen and oxygen atoms in total. The van der Waals surface area contributed by atoms with Crippen molar-refractivity contribution in [3.63, 3.8) is 0 Å². The van der Waals surface area contributed by atoms with E-state index in [9.17, 15) is 0 Å². The maximum Gasteiger partial charge on any atom is 0.0245 e. The van der Waals surface area contributed by atoms with Crippen LogP contribution in [0, 0.1) is 12.8 Å². The summed E-state index contributed by atoms with van der Waals surface area (Å²) in [7, 11) is 0. The molecule has 94 valence electrons. The van der Waals surface area contributed by atoms with Crippen LogP contribution >= 0.6 is 11.8 Å². The minimum atomic E-state index is 0.609. The number of aryl methyl sites for hydroxylation is 1. The van der Waals surface area contributed by atoms with E-state index in [0.29, 0.717) is 5.25 Å². The molecule has 0 heterocycles. The molecule has 2 heteroatoms. The van der Waals surface area contributed by atoms with Crippen molar-refractivity contribution < 1.29 is 0 Å². The van der Waals surface area contributed by atoms with Gasteiger partial charge < -0.3 is 5.73 Å². The first-order chi connectivity index (χ1) is 8.29. The van der Waals surface area contributed by atoms with E-state index in [2.05, 4.69) is 31.2 Å². The second-order valence-electron chi connectivity index (χ2n) is 5.10. The van der Waals surface area contributed by atoms with Crippen LogP contribution in [0.3, 0.4) is 0 Å². The van der Waals surface area contributed by atoms with Gasteiger partial charge in [0.15, 0.2) is 0 Å². The molecule has 0 saturated heterocycles. The summed E-state index contributed by atoms with van der Waals surface area (Å²) in [6.07, 6.45) is 6.97. The van der Waals surface area contributed by atoms with Crippen LogP contribution in [0.15, 0.2) is 29.2 Å². The van der Waals surface area contributed by atoms with Crippen molar-refractivity contribution in [3.8, 4) is 0 Å². The summed E-state index contributed by atoms with van der Waals surface area (Å²) >= 11 is 1.98. The van der Waals surface area contributed by atoms with Gasteiger partial charge in [0, 0.05) is 16.7 Å². The van der Waals surface area contributed by atoms with Gasteiger partial charge in [-0.2, -0.15) is 0 Å². The second kappa shape index (κ2) is 6.46. The molecule has 1 aliphatic carbocycles. The Bertz CT molecular complexity index is 327. The second-order valence-corrected chi connectivity index (χ2v) is 6.42. The molecule has 1 aromatic rings. The first-order valence-corrected chi connectivity index (χ1v) is 7.61. The molecule has 0 aliphatic heterocycles. The fraction of sp³-hybridized carbons (Fsp3) is 0.600. The zero-order chi connectivity index (χ0) is 12.1. The van der Waals surface area contributed by atoms with Crippen LogP contribution in [-0.2, 0) is 0 Å². The molecule has 1 atom stereocenters. The van der Waals surface area contributed by atoms with E-state index < -0.39 is 0 Å². The average molecular weight is 249 g/mol. The highest BCUT2D eigenvalue weighted by Gasteiger charge is 2.23. The van der Waals surface area contributed by atoms with E-state index in [1.165, 1.54) is 42.6 Å². The largest absolute Gasteiger partial charge is 0.329 e. The average Bonchev–Trinajstić information content (AvgIpc) is 2.39. The molecular weight excluding hydrogens is 226 g/mol. The maximum absolute atomic E-state index is 5.96. The van der Waals surface area contributed by atoms with E-state index in [4.69, 9.17) is 5.73 Å². The molecule has 0 bridgehead atoms. The standard InChI is InChI=1S/C15H23NS/c1-12-7-9-14(10-8-12)17-15(11-16)13-5-3-2-4-6-13/h7-10,13,15H,2-6,11,16H2,1H3. The van der Waals surface area contributed by atoms with Crippen LogP contribution in [0.2, 0.25) is 0 Å². The van der Waals surface area contributed by atoms with Gasteiger partial charge in [-0.05, 0) is 37.8 Å². The van der Waals surface area contributed by atoms with Crippen LogP contribution in [0.25, 0.3) is 0 Å². The lowest BCUT2D eigenvalue weighted by atomic mass is 9.87. The zero-order valence-corrected chi connectivity index (χ0v) is 11.5. The lowest BCUT2D eigenvalue weighted by molar-refractivity contribution is 0.351. The van der Waals surface area contributed by atoms with Gasteiger partial charge in [-0.3, -0.25) is 0 Å². The summed E-state index contributed by atoms with van der Waals surface area (Å²) in [5.41, 5.74) is 7.29. The minimum absolute atomic E-state index is 0.609. The van der Waals surface area contributed by atoms with Gasteiger partial charge in [0.05, 0.1) is 0 Å². The number of hydrogen-bond donors (Lipinski definition) is 1. The number of hydrogen-bond acceptors (Lipinski definition) is 2. The summed E-state index contributed by atoms with van der Waals surface area (Å²) in [4.78, 5) is 1.37. The number of thioether (sulfide) groups is 1. The van der Waals surface area contributed by atoms with Gasteiger partial charge in [-0.15, -0.1) is 11.8 Å². The van der Waals surface area contributed by atoms with E-state index in [1.54, 1.807) is 0 Å². The molecule has 1 saturated carbocycles. The highest BCUT2D eigenvalue weighted by Crippen LogP contribution is 2.35. The lowest BCUT2D eigenvalue weighted by Gasteiger charge is -2.29. The van der Waals surface area contributed by atoms with Crippen LogP contribution in [0.1, 0.15) is 37.7 Å². The third-order valence-corrected chi connectivity index (χ3v) is 5.14. The van der Waals surface area contributed by atoms with E-state index in [0.717, 1.165) is 12.5 Å². The smallest absolute Gasteiger partial charge is 0.0245 e. The Hall–Kier alpha value is -0.470. The lowest BCUT2D eigenvalue weighted by Crippen LogP contribution is -2.27. The Morgan fingerprint density at radius 3 is 2.41 bits per heavy atom. The van der Waals surface area contributed by atoms with Crippen molar-refractivity contribution in [1.29, 1.82) is 0 Å². The normalized spacial score (nSPS) is 19.2. The predicted octanol–water partition coefficient (Wildman–Crippen LogP) is 3.99. The van der Waals surface area contributed by atoms with Gasteiger partial charge in [0.2, 0.25) is 0 Å². The van der Waals surface area contributed by atoms with Crippen molar-refractivity contribution in [3.05, 3.63) is 29.8 Å². The van der Waals surface area contributed by atoms with Gasteiger partial charge in [-0.25, -0.2) is 0 Å². The van der Waals surface area contributed by atoms with Gasteiger partial charge in [0.25, 0.3) is 0 Å². The van der Waals surface area contributed by atoms with Crippen LogP contribution in [-0.4, -0.2) is 11.8 Å². The third kappa shape index (κ3) is 3.75. The molecule has 1 aromatic carbocycles. The molecule has 0 radical (unpaired) electrons. The van der Waals surface area contributed by atoms with Crippen molar-refractivity contribution in [1.82, 2.24) is 0 Å². The third-order valence-electron chi connectivity index (χ3n) is 3.72. The number of rotatable bonds is 4. The Labute approximate surface area is 109 Å². The predicted molar refractivity (Wildman–Crippen MR) is 76.5 cm³/mol. The Balaban J connectivity index is 1.96. The minimum Gasteiger partial charge on any atom is -0.329 e. The molecular formula is C15H23NS. The van der Waals surface area contributed by atoms with Gasteiger partial charge in [0.1, 0.15) is 0 Å². The first-order valence-electron chi connectivity index (χ1n) is 6.73. The zero-order valence-electron chi connectivity index (χ0n) is 10.7. The Morgan fingerprint density at radius 2 is 1.82 bits per heavy atom. The van der Waals surface area contributed by atoms with Crippen molar-refractivity contribution in [2.24, 2.45) is 11.7 Å². The highest BCUT2D eigenvalue weighted by atomic mass is 32.2. The van der Waals surface area contributed by atoms with E-state index in [1.807, 2.05) is 11.8 Å². The molecule has 1 unspecified atom stereocenters. The van der Waals surface area contributed by atoms with E-state index in [-0.39, 0.29) is 0 Å². The van der Waals surface area contributed by atoms with Crippen molar-refractivity contribution >= 4 is 11.8 Å². The summed E-state index contributed by atoms with van der Waals surface area (Å²) in [5, 5.41) is 0.609. The number of nitrogens with two attached hydrogens (primary N) is 1. The SMILES string of the molecule is Cc1ccc(SC(CN)C2CCCCC2)cc1. The molecule has 2 N–H and O–H groups in total. The maximum atomic E-state index is 5.96. The van der Waals surface area contributed by atoms with Crippen LogP contribution < -0.4 is 5.73 Å². The highest BCUT2D eigenvalue weighted by molar-refractivity contribution is 8.00. The topological polar surface area (TPSA) is 26.0 Å². The molecule has 0 spiro atoms. The summed E-state index contributed by atoms with van der Waals surface area (Å²) in [6.45, 7) is 2.94. The molecule has 1 fully saturated rings. The fourth-order valence-corrected chi connectivity index (χ4v) is 3.84. The fourth-order valence-electron chi connectivity index (χ4n) is 2.63. The van der Waals surface area contributed by atoms with Crippen molar-refractivity contribution in [2.75, 3.05) is 6.54 Å². The van der Waals surface area contributed by atoms with Crippen LogP contribution in [0.4, 0.5) is 0 Å². The van der Waals surface area contributed by atoms with Crippen LogP contribution in [0.5, 0.6) is 0 Å². The first kappa shape index (κ1) is 13.0. The molecule has 2 rings (SSSR count). The summed E-state index contributed by atoms with van der Waals surface area (Å²) < 4.78 is 0. The molecule has 0 amide bonds. The molecule has 0 aromatic heterocycles. The molecule has 17 heavy (non-hydrogen) atoms. The monoisotopic (exact) mass is 249 g/mol. The molecule has 1 aliphatic rings.